The van der Waals surface area contributed by atoms with Crippen molar-refractivity contribution in [1.29, 1.82) is 0 Å². The predicted octanol–water partition coefficient (Wildman–Crippen LogP) is 5.85. The van der Waals surface area contributed by atoms with Crippen LogP contribution in [0.15, 0.2) is 72.8 Å². The highest BCUT2D eigenvalue weighted by molar-refractivity contribution is 14.1. The van der Waals surface area contributed by atoms with Gasteiger partial charge in [0.15, 0.2) is 0 Å². The van der Waals surface area contributed by atoms with Crippen LogP contribution in [0, 0.1) is 10.5 Å². The summed E-state index contributed by atoms with van der Waals surface area (Å²) < 4.78 is 7.17. The molecule has 22 heavy (non-hydrogen) atoms. The zero-order chi connectivity index (χ0) is 15.4. The van der Waals surface area contributed by atoms with Crippen LogP contribution in [0.3, 0.4) is 0 Å². The molecule has 0 aliphatic rings. The molecule has 1 nitrogen and oxygen atoms in total. The first-order valence-electron chi connectivity index (χ1n) is 7.25. The average molecular weight is 400 g/mol. The Labute approximate surface area is 145 Å². The molecular weight excluding hydrogens is 383 g/mol. The fraction of sp³-hybridized carbons (Fsp3) is 0.100. The zero-order valence-corrected chi connectivity index (χ0v) is 14.6. The van der Waals surface area contributed by atoms with Crippen molar-refractivity contribution in [3.63, 3.8) is 0 Å². The van der Waals surface area contributed by atoms with Crippen LogP contribution in [0.2, 0.25) is 0 Å². The van der Waals surface area contributed by atoms with Crippen molar-refractivity contribution in [3.8, 4) is 16.9 Å². The lowest BCUT2D eigenvalue weighted by Crippen LogP contribution is -1.95. The summed E-state index contributed by atoms with van der Waals surface area (Å²) in [5.41, 5.74) is 4.87. The van der Waals surface area contributed by atoms with Gasteiger partial charge in [0.05, 0.1) is 0 Å². The third-order valence-corrected chi connectivity index (χ3v) is 4.08. The van der Waals surface area contributed by atoms with E-state index in [-0.39, 0.29) is 0 Å². The standard InChI is InChI=1S/C20H17IO/c1-15-10-18(12-19(21)11-15)17-8-5-9-20(13-17)22-14-16-6-3-2-4-7-16/h2-13H,14H2,1H3. The van der Waals surface area contributed by atoms with Crippen molar-refractivity contribution in [3.05, 3.63) is 87.5 Å². The van der Waals surface area contributed by atoms with E-state index in [9.17, 15) is 0 Å². The number of rotatable bonds is 4. The van der Waals surface area contributed by atoms with Gasteiger partial charge in [0.2, 0.25) is 0 Å². The molecule has 0 spiro atoms. The van der Waals surface area contributed by atoms with Crippen LogP contribution in [-0.2, 0) is 6.61 Å². The van der Waals surface area contributed by atoms with Crippen LogP contribution < -0.4 is 4.74 Å². The molecular formula is C20H17IO. The molecule has 0 atom stereocenters. The van der Waals surface area contributed by atoms with Gasteiger partial charge in [-0.05, 0) is 76.0 Å². The maximum Gasteiger partial charge on any atom is 0.120 e. The lowest BCUT2D eigenvalue weighted by molar-refractivity contribution is 0.306. The second-order valence-corrected chi connectivity index (χ2v) is 6.56. The minimum atomic E-state index is 0.593. The molecule has 0 unspecified atom stereocenters. The molecule has 0 aromatic heterocycles. The number of benzene rings is 3. The van der Waals surface area contributed by atoms with E-state index in [0.29, 0.717) is 6.61 Å². The van der Waals surface area contributed by atoms with Crippen LogP contribution in [0.1, 0.15) is 11.1 Å². The Kier molecular flexibility index (Phi) is 4.78. The average Bonchev–Trinajstić information content (AvgIpc) is 2.53. The van der Waals surface area contributed by atoms with Crippen molar-refractivity contribution in [1.82, 2.24) is 0 Å². The van der Waals surface area contributed by atoms with E-state index >= 15 is 0 Å². The molecule has 0 saturated heterocycles. The number of ether oxygens (including phenoxy) is 1. The van der Waals surface area contributed by atoms with Gasteiger partial charge in [-0.15, -0.1) is 0 Å². The van der Waals surface area contributed by atoms with Gasteiger partial charge >= 0.3 is 0 Å². The molecule has 0 amide bonds. The van der Waals surface area contributed by atoms with Crippen molar-refractivity contribution in [2.24, 2.45) is 0 Å². The fourth-order valence-corrected chi connectivity index (χ4v) is 3.24. The Hall–Kier alpha value is -1.81. The molecule has 110 valence electrons. The van der Waals surface area contributed by atoms with Gasteiger partial charge in [-0.2, -0.15) is 0 Å². The van der Waals surface area contributed by atoms with Crippen LogP contribution in [0.5, 0.6) is 5.75 Å². The minimum Gasteiger partial charge on any atom is -0.489 e. The molecule has 3 aromatic carbocycles. The molecule has 0 saturated carbocycles. The summed E-state index contributed by atoms with van der Waals surface area (Å²) in [6.07, 6.45) is 0. The van der Waals surface area contributed by atoms with Gasteiger partial charge in [-0.1, -0.05) is 48.5 Å². The summed E-state index contributed by atoms with van der Waals surface area (Å²) in [5, 5.41) is 0. The Bertz CT molecular complexity index is 745. The van der Waals surface area contributed by atoms with E-state index in [1.165, 1.54) is 25.8 Å². The zero-order valence-electron chi connectivity index (χ0n) is 12.4. The topological polar surface area (TPSA) is 9.23 Å². The Morgan fingerprint density at radius 3 is 2.41 bits per heavy atom. The number of hydrogen-bond acceptors (Lipinski definition) is 1. The van der Waals surface area contributed by atoms with Crippen LogP contribution >= 0.6 is 22.6 Å². The van der Waals surface area contributed by atoms with Gasteiger partial charge < -0.3 is 4.74 Å². The van der Waals surface area contributed by atoms with E-state index in [2.05, 4.69) is 72.0 Å². The quantitative estimate of drug-likeness (QED) is 0.500. The molecule has 0 aliphatic heterocycles. The molecule has 3 rings (SSSR count). The second kappa shape index (κ2) is 6.97. The first kappa shape index (κ1) is 15.1. The van der Waals surface area contributed by atoms with Gasteiger partial charge in [0, 0.05) is 3.57 Å². The van der Waals surface area contributed by atoms with Gasteiger partial charge in [-0.3, -0.25) is 0 Å². The minimum absolute atomic E-state index is 0.593. The molecule has 0 fully saturated rings. The Morgan fingerprint density at radius 2 is 1.64 bits per heavy atom. The molecule has 3 aromatic rings. The summed E-state index contributed by atoms with van der Waals surface area (Å²) in [5.74, 6) is 0.901. The smallest absolute Gasteiger partial charge is 0.120 e. The van der Waals surface area contributed by atoms with Gasteiger partial charge in [-0.25, -0.2) is 0 Å². The molecule has 0 radical (unpaired) electrons. The molecule has 2 heteroatoms. The summed E-state index contributed by atoms with van der Waals surface area (Å²) in [6.45, 7) is 2.72. The van der Waals surface area contributed by atoms with Crippen molar-refractivity contribution < 1.29 is 4.74 Å². The molecule has 0 N–H and O–H groups in total. The number of halogens is 1. The summed E-state index contributed by atoms with van der Waals surface area (Å²) >= 11 is 2.36. The molecule has 0 heterocycles. The maximum atomic E-state index is 5.91. The van der Waals surface area contributed by atoms with E-state index in [4.69, 9.17) is 4.74 Å². The highest BCUT2D eigenvalue weighted by Crippen LogP contribution is 2.26. The molecule has 0 aliphatic carbocycles. The van der Waals surface area contributed by atoms with Crippen LogP contribution in [0.25, 0.3) is 11.1 Å². The SMILES string of the molecule is Cc1cc(I)cc(-c2cccc(OCc3ccccc3)c2)c1. The van der Waals surface area contributed by atoms with E-state index in [1.807, 2.05) is 30.3 Å². The number of hydrogen-bond donors (Lipinski definition) is 0. The highest BCUT2D eigenvalue weighted by atomic mass is 127. The van der Waals surface area contributed by atoms with Gasteiger partial charge in [0.25, 0.3) is 0 Å². The van der Waals surface area contributed by atoms with Crippen molar-refractivity contribution in [2.75, 3.05) is 0 Å². The van der Waals surface area contributed by atoms with Crippen molar-refractivity contribution >= 4 is 22.6 Å². The lowest BCUT2D eigenvalue weighted by Gasteiger charge is -2.09. The predicted molar refractivity (Wildman–Crippen MR) is 100 cm³/mol. The number of aryl methyl sites for hydroxylation is 1. The fourth-order valence-electron chi connectivity index (χ4n) is 2.41. The van der Waals surface area contributed by atoms with Gasteiger partial charge in [0.1, 0.15) is 12.4 Å². The summed E-state index contributed by atoms with van der Waals surface area (Å²) in [6, 6.07) is 25.1. The third kappa shape index (κ3) is 3.89. The van der Waals surface area contributed by atoms with Crippen molar-refractivity contribution in [2.45, 2.75) is 13.5 Å². The maximum absolute atomic E-state index is 5.91. The van der Waals surface area contributed by atoms with E-state index in [0.717, 1.165) is 5.75 Å². The lowest BCUT2D eigenvalue weighted by atomic mass is 10.0. The Balaban J connectivity index is 1.80. The van der Waals surface area contributed by atoms with Crippen LogP contribution in [0.4, 0.5) is 0 Å². The summed E-state index contributed by atoms with van der Waals surface area (Å²) in [7, 11) is 0. The normalized spacial score (nSPS) is 10.5. The molecule has 0 bridgehead atoms. The first-order valence-corrected chi connectivity index (χ1v) is 8.33. The third-order valence-electron chi connectivity index (χ3n) is 3.46. The van der Waals surface area contributed by atoms with Crippen LogP contribution in [-0.4, -0.2) is 0 Å². The second-order valence-electron chi connectivity index (χ2n) is 5.32. The Morgan fingerprint density at radius 1 is 0.818 bits per heavy atom. The largest absolute Gasteiger partial charge is 0.489 e. The highest BCUT2D eigenvalue weighted by Gasteiger charge is 2.03. The first-order chi connectivity index (χ1) is 10.7. The summed E-state index contributed by atoms with van der Waals surface area (Å²) in [4.78, 5) is 0. The monoisotopic (exact) mass is 400 g/mol. The van der Waals surface area contributed by atoms with E-state index < -0.39 is 0 Å². The van der Waals surface area contributed by atoms with E-state index in [1.54, 1.807) is 0 Å².